The first-order valence-corrected chi connectivity index (χ1v) is 12.1. The van der Waals surface area contributed by atoms with Crippen LogP contribution in [0.15, 0.2) is 48.5 Å². The highest BCUT2D eigenvalue weighted by Gasteiger charge is 2.29. The van der Waals surface area contributed by atoms with E-state index in [-0.39, 0.29) is 44.0 Å². The molecule has 1 aliphatic carbocycles. The second-order valence-corrected chi connectivity index (χ2v) is 8.85. The van der Waals surface area contributed by atoms with E-state index >= 15 is 0 Å². The van der Waals surface area contributed by atoms with Gasteiger partial charge < -0.3 is 30.0 Å². The van der Waals surface area contributed by atoms with Crippen LogP contribution in [0.4, 0.5) is 4.79 Å². The molecule has 0 saturated heterocycles. The molecule has 2 aromatic carbocycles. The molecule has 0 heterocycles. The Morgan fingerprint density at radius 2 is 1.47 bits per heavy atom. The lowest BCUT2D eigenvalue weighted by molar-refractivity contribution is -0.143. The van der Waals surface area contributed by atoms with Crippen LogP contribution in [-0.4, -0.2) is 68.7 Å². The van der Waals surface area contributed by atoms with Crippen LogP contribution in [0.1, 0.15) is 37.3 Å². The Kier molecular flexibility index (Phi) is 10.3. The second kappa shape index (κ2) is 13.6. The van der Waals surface area contributed by atoms with Crippen molar-refractivity contribution in [3.05, 3.63) is 59.7 Å². The zero-order valence-electron chi connectivity index (χ0n) is 20.7. The molecule has 36 heavy (non-hydrogen) atoms. The van der Waals surface area contributed by atoms with Crippen molar-refractivity contribution >= 4 is 18.0 Å². The van der Waals surface area contributed by atoms with E-state index in [1.54, 1.807) is 13.8 Å². The molecule has 0 spiro atoms. The number of alkyl carbamates (subject to hydrolysis) is 1. The predicted molar refractivity (Wildman–Crippen MR) is 134 cm³/mol. The van der Waals surface area contributed by atoms with Gasteiger partial charge in [-0.1, -0.05) is 62.4 Å². The molecule has 0 aromatic heterocycles. The summed E-state index contributed by atoms with van der Waals surface area (Å²) in [6, 6.07) is 15.4. The number of nitrogens with one attached hydrogen (secondary N) is 2. The first-order valence-electron chi connectivity index (χ1n) is 12.1. The fourth-order valence-corrected chi connectivity index (χ4v) is 4.12. The van der Waals surface area contributed by atoms with Gasteiger partial charge in [0.2, 0.25) is 5.91 Å². The quantitative estimate of drug-likeness (QED) is 0.342. The third-order valence-electron chi connectivity index (χ3n) is 5.95. The van der Waals surface area contributed by atoms with Crippen LogP contribution in [0.25, 0.3) is 11.1 Å². The first kappa shape index (κ1) is 27.2. The summed E-state index contributed by atoms with van der Waals surface area (Å²) in [5.41, 5.74) is 4.68. The van der Waals surface area contributed by atoms with Crippen LogP contribution < -0.4 is 10.6 Å². The van der Waals surface area contributed by atoms with Crippen LogP contribution >= 0.6 is 0 Å². The maximum Gasteiger partial charge on any atom is 0.407 e. The van der Waals surface area contributed by atoms with Crippen LogP contribution in [0, 0.1) is 5.92 Å². The Morgan fingerprint density at radius 1 is 0.889 bits per heavy atom. The third-order valence-corrected chi connectivity index (χ3v) is 5.95. The summed E-state index contributed by atoms with van der Waals surface area (Å²) < 4.78 is 16.2. The van der Waals surface area contributed by atoms with Crippen molar-refractivity contribution in [3.63, 3.8) is 0 Å². The van der Waals surface area contributed by atoms with Crippen LogP contribution in [-0.2, 0) is 23.8 Å². The van der Waals surface area contributed by atoms with Gasteiger partial charge in [-0.2, -0.15) is 0 Å². The molecule has 9 nitrogen and oxygen atoms in total. The molecule has 0 saturated carbocycles. The van der Waals surface area contributed by atoms with Crippen molar-refractivity contribution in [1.82, 2.24) is 10.6 Å². The van der Waals surface area contributed by atoms with E-state index in [0.717, 1.165) is 11.1 Å². The zero-order valence-corrected chi connectivity index (χ0v) is 20.7. The van der Waals surface area contributed by atoms with Crippen molar-refractivity contribution < 1.29 is 33.7 Å². The van der Waals surface area contributed by atoms with Gasteiger partial charge in [0.05, 0.1) is 26.4 Å². The highest BCUT2D eigenvalue weighted by molar-refractivity contribution is 5.83. The second-order valence-electron chi connectivity index (χ2n) is 8.85. The summed E-state index contributed by atoms with van der Waals surface area (Å²) in [4.78, 5) is 35.1. The van der Waals surface area contributed by atoms with Gasteiger partial charge in [-0.05, 0) is 28.2 Å². The normalized spacial score (nSPS) is 13.1. The molecule has 9 heteroatoms. The van der Waals surface area contributed by atoms with E-state index in [9.17, 15) is 14.4 Å². The Hall–Kier alpha value is -3.43. The summed E-state index contributed by atoms with van der Waals surface area (Å²) in [6.45, 7) is 5.06. The molecular weight excluding hydrogens is 464 g/mol. The topological polar surface area (TPSA) is 123 Å². The summed E-state index contributed by atoms with van der Waals surface area (Å²) in [5, 5.41) is 14.3. The lowest BCUT2D eigenvalue weighted by Crippen LogP contribution is -2.44. The number of hydrogen-bond acceptors (Lipinski definition) is 6. The molecule has 0 fully saturated rings. The molecule has 0 aliphatic heterocycles. The number of benzene rings is 2. The van der Waals surface area contributed by atoms with Crippen molar-refractivity contribution in [2.75, 3.05) is 39.6 Å². The van der Waals surface area contributed by atoms with E-state index in [2.05, 4.69) is 34.9 Å². The van der Waals surface area contributed by atoms with Gasteiger partial charge in [0.25, 0.3) is 0 Å². The summed E-state index contributed by atoms with van der Waals surface area (Å²) in [5.74, 6) is -1.62. The Bertz CT molecular complexity index is 995. The van der Waals surface area contributed by atoms with Crippen LogP contribution in [0.2, 0.25) is 0 Å². The number of aliphatic carboxylic acids is 1. The minimum Gasteiger partial charge on any atom is -0.480 e. The molecule has 1 atom stereocenters. The first-order chi connectivity index (χ1) is 17.4. The molecule has 1 aliphatic rings. The van der Waals surface area contributed by atoms with E-state index in [4.69, 9.17) is 19.3 Å². The zero-order chi connectivity index (χ0) is 25.9. The largest absolute Gasteiger partial charge is 0.480 e. The molecular formula is C27H34N2O7. The summed E-state index contributed by atoms with van der Waals surface area (Å²) in [7, 11) is 0. The lowest BCUT2D eigenvalue weighted by Gasteiger charge is -2.17. The Balaban J connectivity index is 1.24. The SMILES string of the molecule is CC(C)[C@H](NC(=O)CCOCCOCCNC(=O)OCC1c2ccccc2-c2ccccc21)C(=O)O. The molecule has 0 unspecified atom stereocenters. The summed E-state index contributed by atoms with van der Waals surface area (Å²) >= 11 is 0. The monoisotopic (exact) mass is 498 g/mol. The molecule has 3 rings (SSSR count). The predicted octanol–water partition coefficient (Wildman–Crippen LogP) is 3.17. The van der Waals surface area contributed by atoms with Gasteiger partial charge in [-0.25, -0.2) is 9.59 Å². The number of carboxylic acid groups (broad SMARTS) is 1. The van der Waals surface area contributed by atoms with Gasteiger partial charge in [-0.15, -0.1) is 0 Å². The van der Waals surface area contributed by atoms with E-state index in [1.807, 2.05) is 24.3 Å². The minimum atomic E-state index is -1.06. The van der Waals surface area contributed by atoms with E-state index in [1.165, 1.54) is 11.1 Å². The van der Waals surface area contributed by atoms with Gasteiger partial charge in [-0.3, -0.25) is 4.79 Å². The maximum absolute atomic E-state index is 12.1. The maximum atomic E-state index is 12.1. The summed E-state index contributed by atoms with van der Waals surface area (Å²) in [6.07, 6.45) is -0.427. The number of fused-ring (bicyclic) bond motifs is 3. The molecule has 3 N–H and O–H groups in total. The van der Waals surface area contributed by atoms with Gasteiger partial charge in [0.1, 0.15) is 12.6 Å². The lowest BCUT2D eigenvalue weighted by atomic mass is 9.98. The number of hydrogen-bond donors (Lipinski definition) is 3. The highest BCUT2D eigenvalue weighted by Crippen LogP contribution is 2.44. The number of carbonyl (C=O) groups is 3. The highest BCUT2D eigenvalue weighted by atomic mass is 16.6. The van der Waals surface area contributed by atoms with E-state index < -0.39 is 18.1 Å². The fourth-order valence-electron chi connectivity index (χ4n) is 4.12. The number of ether oxygens (including phenoxy) is 3. The van der Waals surface area contributed by atoms with Crippen LogP contribution in [0.5, 0.6) is 0 Å². The smallest absolute Gasteiger partial charge is 0.407 e. The molecule has 0 bridgehead atoms. The van der Waals surface area contributed by atoms with Gasteiger partial charge in [0.15, 0.2) is 0 Å². The van der Waals surface area contributed by atoms with Crippen molar-refractivity contribution in [1.29, 1.82) is 0 Å². The standard InChI is InChI=1S/C27H34N2O7/c1-18(2)25(26(31)32)29-24(30)11-13-34-15-16-35-14-12-28-27(33)36-17-23-21-9-5-3-7-19(21)20-8-4-6-10-22(20)23/h3-10,18,23,25H,11-17H2,1-2H3,(H,28,33)(H,29,30)(H,31,32)/t25-/m0/s1. The van der Waals surface area contributed by atoms with Crippen molar-refractivity contribution in [3.8, 4) is 11.1 Å². The third kappa shape index (κ3) is 7.53. The number of carbonyl (C=O) groups excluding carboxylic acids is 2. The van der Waals surface area contributed by atoms with Crippen LogP contribution in [0.3, 0.4) is 0 Å². The van der Waals surface area contributed by atoms with Gasteiger partial charge in [0, 0.05) is 18.9 Å². The van der Waals surface area contributed by atoms with Crippen molar-refractivity contribution in [2.24, 2.45) is 5.92 Å². The van der Waals surface area contributed by atoms with Gasteiger partial charge >= 0.3 is 12.1 Å². The molecule has 2 amide bonds. The van der Waals surface area contributed by atoms with Crippen molar-refractivity contribution in [2.45, 2.75) is 32.2 Å². The average molecular weight is 499 g/mol. The van der Waals surface area contributed by atoms with E-state index in [0.29, 0.717) is 19.8 Å². The Morgan fingerprint density at radius 3 is 2.06 bits per heavy atom. The Labute approximate surface area is 211 Å². The number of amides is 2. The molecule has 194 valence electrons. The molecule has 0 radical (unpaired) electrons. The number of carboxylic acids is 1. The molecule has 2 aromatic rings. The number of rotatable bonds is 14. The minimum absolute atomic E-state index is 0.0130. The average Bonchev–Trinajstić information content (AvgIpc) is 3.18. The fraction of sp³-hybridized carbons (Fsp3) is 0.444.